The largest absolute Gasteiger partial charge is 0.483 e. The lowest BCUT2D eigenvalue weighted by Gasteiger charge is -2.13. The van der Waals surface area contributed by atoms with Gasteiger partial charge in [0.15, 0.2) is 6.61 Å². The topological polar surface area (TPSA) is 75.7 Å². The van der Waals surface area contributed by atoms with Gasteiger partial charge in [-0.15, -0.1) is 0 Å². The van der Waals surface area contributed by atoms with E-state index in [1.807, 2.05) is 0 Å². The first-order chi connectivity index (χ1) is 9.79. The third-order valence-electron chi connectivity index (χ3n) is 3.21. The summed E-state index contributed by atoms with van der Waals surface area (Å²) < 4.78 is 32.2. The fraction of sp³-hybridized carbons (Fsp3) is 0.500. The van der Waals surface area contributed by atoms with Crippen LogP contribution >= 0.6 is 0 Å². The van der Waals surface area contributed by atoms with E-state index >= 15 is 0 Å². The number of aryl methyl sites for hydroxylation is 1. The molecule has 2 rings (SSSR count). The predicted octanol–water partition coefficient (Wildman–Crippen LogP) is 0.903. The molecule has 1 fully saturated rings. The van der Waals surface area contributed by atoms with Crippen LogP contribution in [0.5, 0.6) is 5.75 Å². The summed E-state index contributed by atoms with van der Waals surface area (Å²) in [6.45, 7) is 1.69. The second-order valence-corrected chi connectivity index (χ2v) is 7.11. The van der Waals surface area contributed by atoms with Gasteiger partial charge in [0.25, 0.3) is 5.91 Å². The van der Waals surface area contributed by atoms with Crippen molar-refractivity contribution in [3.63, 3.8) is 0 Å². The van der Waals surface area contributed by atoms with E-state index in [-0.39, 0.29) is 23.5 Å². The van der Waals surface area contributed by atoms with Crippen molar-refractivity contribution in [2.75, 3.05) is 20.7 Å². The monoisotopic (exact) mass is 312 g/mol. The van der Waals surface area contributed by atoms with Crippen LogP contribution in [0.25, 0.3) is 0 Å². The lowest BCUT2D eigenvalue weighted by atomic mass is 10.2. The summed E-state index contributed by atoms with van der Waals surface area (Å²) in [6.07, 6.45) is 1.79. The van der Waals surface area contributed by atoms with E-state index in [0.717, 1.165) is 12.8 Å². The fourth-order valence-corrected chi connectivity index (χ4v) is 3.10. The van der Waals surface area contributed by atoms with Crippen LogP contribution in [-0.2, 0) is 14.8 Å². The van der Waals surface area contributed by atoms with Gasteiger partial charge in [0.05, 0.1) is 4.90 Å². The van der Waals surface area contributed by atoms with Gasteiger partial charge >= 0.3 is 0 Å². The van der Waals surface area contributed by atoms with E-state index in [2.05, 4.69) is 4.72 Å². The lowest BCUT2D eigenvalue weighted by Crippen LogP contribution is -2.27. The van der Waals surface area contributed by atoms with Crippen LogP contribution in [0.1, 0.15) is 18.4 Å². The van der Waals surface area contributed by atoms with E-state index in [0.29, 0.717) is 11.3 Å². The number of likely N-dealkylation sites (N-methyl/N-ethyl adjacent to an activating group) is 1. The lowest BCUT2D eigenvalue weighted by molar-refractivity contribution is -0.130. The average Bonchev–Trinajstić information content (AvgIpc) is 3.19. The summed E-state index contributed by atoms with van der Waals surface area (Å²) in [7, 11) is -0.161. The Morgan fingerprint density at radius 1 is 1.38 bits per heavy atom. The number of hydrogen-bond donors (Lipinski definition) is 1. The van der Waals surface area contributed by atoms with Gasteiger partial charge in [0, 0.05) is 20.1 Å². The second kappa shape index (κ2) is 6.03. The van der Waals surface area contributed by atoms with Crippen molar-refractivity contribution in [3.8, 4) is 5.75 Å². The fourth-order valence-electron chi connectivity index (χ4n) is 1.71. The molecule has 21 heavy (non-hydrogen) atoms. The summed E-state index contributed by atoms with van der Waals surface area (Å²) >= 11 is 0. The van der Waals surface area contributed by atoms with E-state index in [1.165, 1.54) is 11.0 Å². The van der Waals surface area contributed by atoms with Crippen molar-refractivity contribution in [2.24, 2.45) is 0 Å². The Hall–Kier alpha value is -1.60. The van der Waals surface area contributed by atoms with Gasteiger partial charge in [-0.3, -0.25) is 4.79 Å². The first kappa shape index (κ1) is 15.8. The minimum Gasteiger partial charge on any atom is -0.483 e. The minimum absolute atomic E-state index is 0.0692. The van der Waals surface area contributed by atoms with Crippen molar-refractivity contribution in [2.45, 2.75) is 30.7 Å². The summed E-state index contributed by atoms with van der Waals surface area (Å²) in [4.78, 5) is 13.1. The number of sulfonamides is 1. The first-order valence-corrected chi connectivity index (χ1v) is 8.24. The number of nitrogens with zero attached hydrogens (tertiary/aromatic N) is 1. The Labute approximate surface area is 125 Å². The molecule has 1 aliphatic carbocycles. The zero-order valence-electron chi connectivity index (χ0n) is 12.4. The molecule has 0 aromatic heterocycles. The molecule has 7 heteroatoms. The maximum atomic E-state index is 12.1. The number of carbonyl (C=O) groups excluding carboxylic acids is 1. The molecule has 0 bridgehead atoms. The van der Waals surface area contributed by atoms with Crippen molar-refractivity contribution in [1.29, 1.82) is 0 Å². The van der Waals surface area contributed by atoms with E-state index in [9.17, 15) is 13.2 Å². The van der Waals surface area contributed by atoms with Gasteiger partial charge in [0.2, 0.25) is 10.0 Å². The number of nitrogens with one attached hydrogen (secondary N) is 1. The smallest absolute Gasteiger partial charge is 0.259 e. The molecule has 0 saturated heterocycles. The summed E-state index contributed by atoms with van der Waals surface area (Å²) in [6, 6.07) is 4.71. The minimum atomic E-state index is -3.46. The highest BCUT2D eigenvalue weighted by Crippen LogP contribution is 2.25. The molecule has 116 valence electrons. The second-order valence-electron chi connectivity index (χ2n) is 5.40. The molecule has 1 aliphatic rings. The molecule has 0 aliphatic heterocycles. The van der Waals surface area contributed by atoms with Crippen LogP contribution in [0, 0.1) is 6.92 Å². The maximum absolute atomic E-state index is 12.1. The van der Waals surface area contributed by atoms with Crippen molar-refractivity contribution >= 4 is 15.9 Å². The zero-order valence-corrected chi connectivity index (χ0v) is 13.2. The molecule has 1 saturated carbocycles. The van der Waals surface area contributed by atoms with Gasteiger partial charge in [0.1, 0.15) is 5.75 Å². The summed E-state index contributed by atoms with van der Waals surface area (Å²) in [5.74, 6) is 0.358. The Bertz CT molecular complexity index is 636. The molecule has 6 nitrogen and oxygen atoms in total. The first-order valence-electron chi connectivity index (χ1n) is 6.75. The number of benzene rings is 1. The van der Waals surface area contributed by atoms with Crippen molar-refractivity contribution < 1.29 is 17.9 Å². The van der Waals surface area contributed by atoms with Gasteiger partial charge in [-0.2, -0.15) is 0 Å². The Morgan fingerprint density at radius 3 is 2.57 bits per heavy atom. The van der Waals surface area contributed by atoms with E-state index < -0.39 is 10.0 Å². The molecular formula is C14H20N2O4S. The number of amides is 1. The molecule has 0 radical (unpaired) electrons. The van der Waals surface area contributed by atoms with Gasteiger partial charge in [-0.05, 0) is 43.5 Å². The molecule has 1 N–H and O–H groups in total. The number of hydrogen-bond acceptors (Lipinski definition) is 4. The van der Waals surface area contributed by atoms with Crippen LogP contribution in [0.15, 0.2) is 23.1 Å². The van der Waals surface area contributed by atoms with Crippen LogP contribution in [0.3, 0.4) is 0 Å². The van der Waals surface area contributed by atoms with Gasteiger partial charge in [-0.25, -0.2) is 13.1 Å². The van der Waals surface area contributed by atoms with Crippen molar-refractivity contribution in [1.82, 2.24) is 9.62 Å². The van der Waals surface area contributed by atoms with Crippen LogP contribution in [0.2, 0.25) is 0 Å². The van der Waals surface area contributed by atoms with Crippen LogP contribution in [-0.4, -0.2) is 46.0 Å². The number of rotatable bonds is 6. The molecule has 1 aromatic carbocycles. The quantitative estimate of drug-likeness (QED) is 0.847. The zero-order chi connectivity index (χ0) is 15.6. The highest BCUT2D eigenvalue weighted by atomic mass is 32.2. The van der Waals surface area contributed by atoms with Crippen LogP contribution < -0.4 is 9.46 Å². The Morgan fingerprint density at radius 2 is 2.05 bits per heavy atom. The molecule has 0 spiro atoms. The normalized spacial score (nSPS) is 14.8. The predicted molar refractivity (Wildman–Crippen MR) is 78.7 cm³/mol. The number of ether oxygens (including phenoxy) is 1. The maximum Gasteiger partial charge on any atom is 0.259 e. The van der Waals surface area contributed by atoms with E-state index in [1.54, 1.807) is 33.2 Å². The van der Waals surface area contributed by atoms with Gasteiger partial charge in [-0.1, -0.05) is 0 Å². The summed E-state index contributed by atoms with van der Waals surface area (Å²) in [5, 5.41) is 0. The van der Waals surface area contributed by atoms with E-state index in [4.69, 9.17) is 4.74 Å². The number of carbonyl (C=O) groups is 1. The molecule has 0 unspecified atom stereocenters. The Kier molecular flexibility index (Phi) is 4.53. The molecular weight excluding hydrogens is 292 g/mol. The highest BCUT2D eigenvalue weighted by molar-refractivity contribution is 7.89. The molecule has 0 heterocycles. The van der Waals surface area contributed by atoms with Gasteiger partial charge < -0.3 is 9.64 Å². The standard InChI is InChI=1S/C14H20N2O4S/c1-10-8-12(21(18,19)15-11-4-5-11)6-7-13(10)20-9-14(17)16(2)3/h6-8,11,15H,4-5,9H2,1-3H3. The van der Waals surface area contributed by atoms with Crippen LogP contribution in [0.4, 0.5) is 0 Å². The SMILES string of the molecule is Cc1cc(S(=O)(=O)NC2CC2)ccc1OCC(=O)N(C)C. The molecule has 1 aromatic rings. The third-order valence-corrected chi connectivity index (χ3v) is 4.72. The highest BCUT2D eigenvalue weighted by Gasteiger charge is 2.28. The van der Waals surface area contributed by atoms with Crippen molar-refractivity contribution in [3.05, 3.63) is 23.8 Å². The average molecular weight is 312 g/mol. The third kappa shape index (κ3) is 4.18. The summed E-state index contributed by atoms with van der Waals surface area (Å²) in [5.41, 5.74) is 0.681. The molecule has 1 amide bonds. The Balaban J connectivity index is 2.08. The molecule has 0 atom stereocenters.